The summed E-state index contributed by atoms with van der Waals surface area (Å²) in [5.41, 5.74) is 0. The van der Waals surface area contributed by atoms with Gasteiger partial charge < -0.3 is 28.5 Å². The molecule has 0 aliphatic heterocycles. The lowest BCUT2D eigenvalue weighted by molar-refractivity contribution is -0.870. The van der Waals surface area contributed by atoms with Crippen LogP contribution < -0.4 is 0 Å². The number of carbonyl (C=O) groups is 3. The lowest BCUT2D eigenvalue weighted by Crippen LogP contribution is -2.40. The Bertz CT molecular complexity index is 1710. The van der Waals surface area contributed by atoms with Gasteiger partial charge in [0.05, 0.1) is 34.4 Å². The highest BCUT2D eigenvalue weighted by atomic mass is 16.7. The normalized spacial score (nSPS) is 13.0. The quantitative estimate of drug-likeness (QED) is 0.0211. The van der Waals surface area contributed by atoms with E-state index in [0.717, 1.165) is 77.0 Å². The third-order valence-electron chi connectivity index (χ3n) is 17.2. The van der Waals surface area contributed by atoms with Crippen LogP contribution in [0.25, 0.3) is 0 Å². The predicted octanol–water partition coefficient (Wildman–Crippen LogP) is 24.4. The van der Waals surface area contributed by atoms with Gasteiger partial charge in [-0.15, -0.1) is 0 Å². The van der Waals surface area contributed by atoms with Crippen LogP contribution in [0.5, 0.6) is 0 Å². The van der Waals surface area contributed by atoms with E-state index in [1.165, 1.54) is 263 Å². The molecule has 0 bridgehead atoms. The summed E-state index contributed by atoms with van der Waals surface area (Å²) in [6.45, 7) is 4.83. The van der Waals surface area contributed by atoms with Crippen molar-refractivity contribution in [2.45, 2.75) is 379 Å². The van der Waals surface area contributed by atoms with Gasteiger partial charge in [-0.1, -0.05) is 363 Å². The first kappa shape index (κ1) is 86.7. The van der Waals surface area contributed by atoms with Crippen molar-refractivity contribution in [3.05, 3.63) is 72.9 Å². The van der Waals surface area contributed by atoms with E-state index in [-0.39, 0.29) is 38.2 Å². The van der Waals surface area contributed by atoms with Crippen LogP contribution in [-0.4, -0.2) is 87.4 Å². The van der Waals surface area contributed by atoms with Gasteiger partial charge in [0.2, 0.25) is 0 Å². The molecule has 0 heterocycles. The van der Waals surface area contributed by atoms with Crippen LogP contribution in [0.4, 0.5) is 0 Å². The van der Waals surface area contributed by atoms with E-state index >= 15 is 0 Å². The van der Waals surface area contributed by atoms with Crippen LogP contribution in [0.2, 0.25) is 0 Å². The monoisotopic (exact) mass is 1260 g/mol. The summed E-state index contributed by atoms with van der Waals surface area (Å²) in [5.74, 6) is -1.98. The summed E-state index contributed by atoms with van der Waals surface area (Å²) in [5, 5.41) is 9.77. The molecular weight excluding hydrogens is 1110 g/mol. The first-order valence-electron chi connectivity index (χ1n) is 38.6. The zero-order valence-electron chi connectivity index (χ0n) is 60.1. The zero-order chi connectivity index (χ0) is 65.4. The average molecular weight is 1260 g/mol. The largest absolute Gasteiger partial charge is 0.477 e. The first-order valence-corrected chi connectivity index (χ1v) is 38.6. The van der Waals surface area contributed by atoms with Crippen LogP contribution in [0, 0.1) is 0 Å². The fourth-order valence-electron chi connectivity index (χ4n) is 11.4. The van der Waals surface area contributed by atoms with Crippen LogP contribution in [0.1, 0.15) is 367 Å². The number of carbonyl (C=O) groups excluding carboxylic acids is 2. The van der Waals surface area contributed by atoms with E-state index in [9.17, 15) is 19.5 Å². The van der Waals surface area contributed by atoms with Gasteiger partial charge in [0.15, 0.2) is 6.10 Å². The van der Waals surface area contributed by atoms with Crippen LogP contribution in [-0.2, 0) is 33.3 Å². The Hall–Kier alpha value is -3.27. The molecule has 0 aromatic heterocycles. The molecule has 524 valence electrons. The van der Waals surface area contributed by atoms with Crippen molar-refractivity contribution in [2.75, 3.05) is 47.5 Å². The van der Waals surface area contributed by atoms with E-state index in [0.29, 0.717) is 17.4 Å². The van der Waals surface area contributed by atoms with Crippen molar-refractivity contribution in [3.8, 4) is 0 Å². The molecular formula is C81H148NO8+. The molecule has 0 spiro atoms. The third kappa shape index (κ3) is 72.2. The maximum atomic E-state index is 13.0. The third-order valence-corrected chi connectivity index (χ3v) is 17.2. The molecule has 9 nitrogen and oxygen atoms in total. The van der Waals surface area contributed by atoms with Crippen molar-refractivity contribution in [3.63, 3.8) is 0 Å². The zero-order valence-corrected chi connectivity index (χ0v) is 60.1. The van der Waals surface area contributed by atoms with Crippen molar-refractivity contribution < 1.29 is 42.9 Å². The van der Waals surface area contributed by atoms with E-state index in [1.807, 2.05) is 21.1 Å². The van der Waals surface area contributed by atoms with Gasteiger partial charge in [-0.25, -0.2) is 4.79 Å². The van der Waals surface area contributed by atoms with E-state index in [1.54, 1.807) is 0 Å². The molecule has 0 saturated carbocycles. The highest BCUT2D eigenvalue weighted by Gasteiger charge is 2.25. The number of carboxylic acid groups (broad SMARTS) is 1. The molecule has 0 aromatic rings. The molecule has 0 fully saturated rings. The molecule has 0 rings (SSSR count). The van der Waals surface area contributed by atoms with Gasteiger partial charge >= 0.3 is 17.9 Å². The molecule has 0 aliphatic carbocycles. The second kappa shape index (κ2) is 71.6. The fraction of sp³-hybridized carbons (Fsp3) is 0.815. The maximum Gasteiger partial charge on any atom is 0.361 e. The number of allylic oxidation sites excluding steroid dienone is 12. The Kier molecular flexibility index (Phi) is 69.0. The lowest BCUT2D eigenvalue weighted by atomic mass is 10.0. The highest BCUT2D eigenvalue weighted by molar-refractivity contribution is 5.71. The highest BCUT2D eigenvalue weighted by Crippen LogP contribution is 2.19. The molecule has 2 unspecified atom stereocenters. The summed E-state index contributed by atoms with van der Waals surface area (Å²) >= 11 is 0. The Morgan fingerprint density at radius 2 is 0.633 bits per heavy atom. The number of unbranched alkanes of at least 4 members (excludes halogenated alkanes) is 45. The number of aliphatic carboxylic acids is 1. The average Bonchev–Trinajstić information content (AvgIpc) is 3.74. The maximum absolute atomic E-state index is 13.0. The molecule has 90 heavy (non-hydrogen) atoms. The summed E-state index contributed by atoms with van der Waals surface area (Å²) in [4.78, 5) is 37.7. The minimum atomic E-state index is -1.51. The standard InChI is InChI=1S/C81H147NO8/c1-6-8-10-12-14-16-18-20-22-24-26-28-30-32-34-36-37-38-39-40-41-42-43-44-46-48-50-52-54-56-58-60-62-64-66-68-70-72-79(84)90-77(76-89-81(80(85)86)87-74-73-82(3,4)5)75-88-78(83)71-69-67-65-63-61-59-57-55-53-51-49-47-45-35-33-31-29-27-25-23-21-19-17-15-13-11-9-7-2/h8,10,14,16,20,22,26,28,32,34,37-38,77,81H,6-7,9,11-13,15,17-19,21,23-25,27,29-31,33,35-36,39-76H2,1-5H3/p+1/b10-8-,16-14-,22-20-,28-26-,34-32-,38-37-. The van der Waals surface area contributed by atoms with Crippen molar-refractivity contribution in [1.29, 1.82) is 0 Å². The van der Waals surface area contributed by atoms with E-state index in [2.05, 4.69) is 86.8 Å². The lowest BCUT2D eigenvalue weighted by Gasteiger charge is -2.25. The number of quaternary nitrogens is 1. The van der Waals surface area contributed by atoms with Gasteiger partial charge in [-0.3, -0.25) is 9.59 Å². The topological polar surface area (TPSA) is 108 Å². The van der Waals surface area contributed by atoms with Crippen molar-refractivity contribution in [2.24, 2.45) is 0 Å². The molecule has 0 amide bonds. The molecule has 2 atom stereocenters. The summed E-state index contributed by atoms with van der Waals surface area (Å²) in [7, 11) is 5.99. The van der Waals surface area contributed by atoms with E-state index < -0.39 is 18.4 Å². The number of esters is 2. The van der Waals surface area contributed by atoms with Gasteiger partial charge in [0.25, 0.3) is 6.29 Å². The van der Waals surface area contributed by atoms with Crippen LogP contribution in [0.15, 0.2) is 72.9 Å². The molecule has 1 N–H and O–H groups in total. The predicted molar refractivity (Wildman–Crippen MR) is 387 cm³/mol. The number of hydrogen-bond donors (Lipinski definition) is 1. The Balaban J connectivity index is 4.01. The number of rotatable bonds is 72. The van der Waals surface area contributed by atoms with Gasteiger partial charge in [0.1, 0.15) is 13.2 Å². The Labute approximate surface area is 557 Å². The van der Waals surface area contributed by atoms with Crippen LogP contribution in [0.3, 0.4) is 0 Å². The summed E-state index contributed by atoms with van der Waals surface area (Å²) < 4.78 is 23.0. The van der Waals surface area contributed by atoms with Crippen molar-refractivity contribution in [1.82, 2.24) is 0 Å². The van der Waals surface area contributed by atoms with Gasteiger partial charge in [-0.2, -0.15) is 0 Å². The first-order chi connectivity index (χ1) is 44.1. The number of nitrogens with zero attached hydrogens (tertiary/aromatic N) is 1. The number of ether oxygens (including phenoxy) is 4. The molecule has 0 aromatic carbocycles. The minimum Gasteiger partial charge on any atom is -0.477 e. The SMILES string of the molecule is CC/C=C\C/C=C\C/C=C\C/C=C\C/C=C\C/C=C\CCCCCCCCCCCCCCCCCCCCC(=O)OC(COC(=O)CCCCCCCCCCCCCCCCCCCCCCCCCCCCCC)COC(OCC[N+](C)(C)C)C(=O)O. The Morgan fingerprint density at radius 3 is 0.944 bits per heavy atom. The second-order valence-corrected chi connectivity index (χ2v) is 27.3. The van der Waals surface area contributed by atoms with Gasteiger partial charge in [0, 0.05) is 12.8 Å². The van der Waals surface area contributed by atoms with Crippen molar-refractivity contribution >= 4 is 17.9 Å². The summed E-state index contributed by atoms with van der Waals surface area (Å²) in [6.07, 6.45) is 93.3. The van der Waals surface area contributed by atoms with Crippen LogP contribution >= 0.6 is 0 Å². The number of likely N-dealkylation sites (N-methyl/N-ethyl adjacent to an activating group) is 1. The summed E-state index contributed by atoms with van der Waals surface area (Å²) in [6, 6.07) is 0. The minimum absolute atomic E-state index is 0.178. The molecule has 0 aliphatic rings. The molecule has 0 radical (unpaired) electrons. The van der Waals surface area contributed by atoms with Gasteiger partial charge in [-0.05, 0) is 64.2 Å². The van der Waals surface area contributed by atoms with E-state index in [4.69, 9.17) is 18.9 Å². The number of hydrogen-bond acceptors (Lipinski definition) is 7. The number of carboxylic acids is 1. The Morgan fingerprint density at radius 1 is 0.344 bits per heavy atom. The molecule has 0 saturated heterocycles. The fourth-order valence-corrected chi connectivity index (χ4v) is 11.4. The second-order valence-electron chi connectivity index (χ2n) is 27.3. The molecule has 9 heteroatoms. The smallest absolute Gasteiger partial charge is 0.361 e.